The summed E-state index contributed by atoms with van der Waals surface area (Å²) < 4.78 is 27.4. The van der Waals surface area contributed by atoms with E-state index in [1.165, 1.54) is 9.87 Å². The topological polar surface area (TPSA) is 60.9 Å². The largest absolute Gasteiger partial charge is 0.369 e. The number of carbonyl (C=O) groups excluding carboxylic acids is 1. The molecule has 2 aromatic carbocycles. The second-order valence-electron chi connectivity index (χ2n) is 8.22. The van der Waals surface area contributed by atoms with Gasteiger partial charge in [0, 0.05) is 44.5 Å². The molecule has 1 aliphatic carbocycles. The van der Waals surface area contributed by atoms with E-state index in [4.69, 9.17) is 0 Å². The van der Waals surface area contributed by atoms with Gasteiger partial charge in [0.1, 0.15) is 5.75 Å². The first-order valence-corrected chi connectivity index (χ1v) is 12.2. The average molecular weight is 428 g/mol. The van der Waals surface area contributed by atoms with Crippen LogP contribution in [-0.2, 0) is 21.4 Å². The van der Waals surface area contributed by atoms with Crippen LogP contribution in [0, 0.1) is 6.92 Å². The third-order valence-corrected chi connectivity index (χ3v) is 7.57. The summed E-state index contributed by atoms with van der Waals surface area (Å²) in [5, 5.41) is 0. The van der Waals surface area contributed by atoms with Gasteiger partial charge in [-0.2, -0.15) is 4.31 Å². The summed E-state index contributed by atoms with van der Waals surface area (Å²) in [5.74, 6) is -0.733. The van der Waals surface area contributed by atoms with E-state index in [0.717, 1.165) is 24.1 Å². The number of carbonyl (C=O) groups is 1. The molecule has 7 heteroatoms. The fraction of sp³-hybridized carbons (Fsp3) is 0.435. The molecular formula is C23H29N3O3S. The summed E-state index contributed by atoms with van der Waals surface area (Å²) in [7, 11) is -3.62. The second-order valence-corrected chi connectivity index (χ2v) is 10.2. The standard InChI is InChI=1S/C23H29N3O3S/c1-19-6-5-9-22(16-19)24-12-14-25(15-13-24)30(28,29)18-23(27)26(21-10-11-21)17-20-7-3-2-4-8-20/h2-9,16,21H,10-15,17-18H2,1H3. The van der Waals surface area contributed by atoms with E-state index >= 15 is 0 Å². The summed E-state index contributed by atoms with van der Waals surface area (Å²) in [5.41, 5.74) is 3.33. The molecule has 4 rings (SSSR count). The van der Waals surface area contributed by atoms with E-state index in [1.54, 1.807) is 4.90 Å². The monoisotopic (exact) mass is 427 g/mol. The number of benzene rings is 2. The Kier molecular flexibility index (Phi) is 6.11. The molecule has 1 amide bonds. The lowest BCUT2D eigenvalue weighted by atomic mass is 10.2. The van der Waals surface area contributed by atoms with Gasteiger partial charge in [0.25, 0.3) is 0 Å². The van der Waals surface area contributed by atoms with Crippen molar-refractivity contribution < 1.29 is 13.2 Å². The van der Waals surface area contributed by atoms with Crippen LogP contribution >= 0.6 is 0 Å². The summed E-state index contributed by atoms with van der Waals surface area (Å²) in [4.78, 5) is 16.9. The molecule has 1 aliphatic heterocycles. The van der Waals surface area contributed by atoms with Gasteiger partial charge < -0.3 is 9.80 Å². The smallest absolute Gasteiger partial charge is 0.239 e. The Morgan fingerprint density at radius 1 is 1.00 bits per heavy atom. The summed E-state index contributed by atoms with van der Waals surface area (Å²) >= 11 is 0. The van der Waals surface area contributed by atoms with Crippen molar-refractivity contribution in [3.63, 3.8) is 0 Å². The first kappa shape index (κ1) is 20.9. The van der Waals surface area contributed by atoms with E-state index in [9.17, 15) is 13.2 Å². The molecule has 2 aliphatic rings. The predicted octanol–water partition coefficient (Wildman–Crippen LogP) is 2.64. The van der Waals surface area contributed by atoms with Crippen LogP contribution in [0.3, 0.4) is 0 Å². The lowest BCUT2D eigenvalue weighted by molar-refractivity contribution is -0.129. The molecular weight excluding hydrogens is 398 g/mol. The van der Waals surface area contributed by atoms with Crippen molar-refractivity contribution >= 4 is 21.6 Å². The third-order valence-electron chi connectivity index (χ3n) is 5.81. The molecule has 1 heterocycles. The number of piperazine rings is 1. The fourth-order valence-electron chi connectivity index (χ4n) is 3.97. The van der Waals surface area contributed by atoms with Gasteiger partial charge in [-0.15, -0.1) is 0 Å². The van der Waals surface area contributed by atoms with E-state index in [-0.39, 0.29) is 11.9 Å². The fourth-order valence-corrected chi connectivity index (χ4v) is 5.35. The zero-order chi connectivity index (χ0) is 21.1. The molecule has 160 valence electrons. The number of nitrogens with zero attached hydrogens (tertiary/aromatic N) is 3. The highest BCUT2D eigenvalue weighted by Gasteiger charge is 2.36. The number of hydrogen-bond acceptors (Lipinski definition) is 4. The summed E-state index contributed by atoms with van der Waals surface area (Å²) in [6.07, 6.45) is 1.90. The SMILES string of the molecule is Cc1cccc(N2CCN(S(=O)(=O)CC(=O)N(Cc3ccccc3)C3CC3)CC2)c1. The molecule has 0 radical (unpaired) electrons. The van der Waals surface area contributed by atoms with Crippen LogP contribution in [0.2, 0.25) is 0 Å². The molecule has 0 N–H and O–H groups in total. The van der Waals surface area contributed by atoms with Gasteiger partial charge in [-0.1, -0.05) is 42.5 Å². The molecule has 0 spiro atoms. The van der Waals surface area contributed by atoms with Gasteiger partial charge in [-0.3, -0.25) is 4.79 Å². The molecule has 2 fully saturated rings. The molecule has 30 heavy (non-hydrogen) atoms. The summed E-state index contributed by atoms with van der Waals surface area (Å²) in [6, 6.07) is 18.2. The van der Waals surface area contributed by atoms with E-state index in [1.807, 2.05) is 36.4 Å². The van der Waals surface area contributed by atoms with Crippen molar-refractivity contribution in [1.29, 1.82) is 0 Å². The van der Waals surface area contributed by atoms with Crippen molar-refractivity contribution in [3.8, 4) is 0 Å². The van der Waals surface area contributed by atoms with Crippen LogP contribution in [0.4, 0.5) is 5.69 Å². The molecule has 0 atom stereocenters. The average Bonchev–Trinajstić information content (AvgIpc) is 3.58. The Morgan fingerprint density at radius 3 is 2.33 bits per heavy atom. The second kappa shape index (κ2) is 8.78. The number of hydrogen-bond donors (Lipinski definition) is 0. The maximum atomic E-state index is 13.0. The maximum absolute atomic E-state index is 13.0. The Bertz CT molecular complexity index is 982. The molecule has 1 saturated heterocycles. The number of anilines is 1. The van der Waals surface area contributed by atoms with Gasteiger partial charge in [-0.05, 0) is 43.0 Å². The van der Waals surface area contributed by atoms with Crippen LogP contribution in [0.1, 0.15) is 24.0 Å². The summed E-state index contributed by atoms with van der Waals surface area (Å²) in [6.45, 7) is 4.61. The molecule has 0 bridgehead atoms. The van der Waals surface area contributed by atoms with Crippen LogP contribution in [-0.4, -0.2) is 61.5 Å². The van der Waals surface area contributed by atoms with E-state index < -0.39 is 15.8 Å². The first-order valence-electron chi connectivity index (χ1n) is 10.6. The minimum absolute atomic E-state index is 0.172. The van der Waals surface area contributed by atoms with E-state index in [2.05, 4.69) is 30.0 Å². The van der Waals surface area contributed by atoms with Gasteiger partial charge in [0.2, 0.25) is 15.9 Å². The lowest BCUT2D eigenvalue weighted by Gasteiger charge is -2.35. The Hall–Kier alpha value is -2.38. The van der Waals surface area contributed by atoms with Gasteiger partial charge in [0.05, 0.1) is 0 Å². The van der Waals surface area contributed by atoms with Crippen LogP contribution < -0.4 is 4.90 Å². The van der Waals surface area contributed by atoms with Crippen LogP contribution in [0.25, 0.3) is 0 Å². The molecule has 0 unspecified atom stereocenters. The van der Waals surface area contributed by atoms with Gasteiger partial charge in [0.15, 0.2) is 0 Å². The predicted molar refractivity (Wildman–Crippen MR) is 119 cm³/mol. The molecule has 1 saturated carbocycles. The minimum Gasteiger partial charge on any atom is -0.369 e. The third kappa shape index (κ3) is 5.02. The lowest BCUT2D eigenvalue weighted by Crippen LogP contribution is -2.51. The van der Waals surface area contributed by atoms with Crippen LogP contribution in [0.5, 0.6) is 0 Å². The van der Waals surface area contributed by atoms with Crippen molar-refractivity contribution in [2.75, 3.05) is 36.8 Å². The van der Waals surface area contributed by atoms with E-state index in [0.29, 0.717) is 32.7 Å². The van der Waals surface area contributed by atoms with Crippen molar-refractivity contribution in [2.24, 2.45) is 0 Å². The Labute approximate surface area is 179 Å². The Morgan fingerprint density at radius 2 is 1.70 bits per heavy atom. The number of amides is 1. The highest BCUT2D eigenvalue weighted by atomic mass is 32.2. The Balaban J connectivity index is 1.37. The number of aryl methyl sites for hydroxylation is 1. The highest BCUT2D eigenvalue weighted by molar-refractivity contribution is 7.89. The maximum Gasteiger partial charge on any atom is 0.239 e. The van der Waals surface area contributed by atoms with Gasteiger partial charge in [-0.25, -0.2) is 8.42 Å². The quantitative estimate of drug-likeness (QED) is 0.682. The van der Waals surface area contributed by atoms with Gasteiger partial charge >= 0.3 is 0 Å². The van der Waals surface area contributed by atoms with Crippen LogP contribution in [0.15, 0.2) is 54.6 Å². The number of sulfonamides is 1. The first-order chi connectivity index (χ1) is 14.4. The number of rotatable bonds is 7. The molecule has 0 aromatic heterocycles. The zero-order valence-corrected chi connectivity index (χ0v) is 18.2. The van der Waals surface area contributed by atoms with Crippen molar-refractivity contribution in [2.45, 2.75) is 32.4 Å². The molecule has 6 nitrogen and oxygen atoms in total. The molecule has 2 aromatic rings. The van der Waals surface area contributed by atoms with Crippen molar-refractivity contribution in [3.05, 3.63) is 65.7 Å². The van der Waals surface area contributed by atoms with Crippen molar-refractivity contribution in [1.82, 2.24) is 9.21 Å². The highest BCUT2D eigenvalue weighted by Crippen LogP contribution is 2.29. The normalized spacial score (nSPS) is 17.7. The minimum atomic E-state index is -3.62. The zero-order valence-electron chi connectivity index (χ0n) is 17.4.